The number of aryl methyl sites for hydroxylation is 2. The van der Waals surface area contributed by atoms with Gasteiger partial charge in [-0.1, -0.05) is 69.3 Å². The molecular weight excluding hydrogens is 613 g/mol. The van der Waals surface area contributed by atoms with E-state index in [9.17, 15) is 13.2 Å². The number of benzene rings is 3. The van der Waals surface area contributed by atoms with Gasteiger partial charge < -0.3 is 9.64 Å². The highest BCUT2D eigenvalue weighted by atomic mass is 32.2. The minimum atomic E-state index is -4.16. The SMILES string of the molecule is Cc1cccc(C)c1-c1cc2nc(n1)NS(=O)(=O)c1cccc(c1)C(=O)N(Cc1ccc(C3=CCN=N3)cc1)[C@H](CC(C)(C)C)CO2. The van der Waals surface area contributed by atoms with E-state index in [1.807, 2.05) is 62.4 Å². The van der Waals surface area contributed by atoms with Crippen molar-refractivity contribution in [3.63, 3.8) is 0 Å². The largest absolute Gasteiger partial charge is 0.475 e. The number of anilines is 1. The number of ether oxygens (including phenoxy) is 1. The van der Waals surface area contributed by atoms with Gasteiger partial charge in [0.25, 0.3) is 15.9 Å². The molecule has 47 heavy (non-hydrogen) atoms. The first kappa shape index (κ1) is 32.1. The monoisotopic (exact) mass is 650 g/mol. The predicted octanol–water partition coefficient (Wildman–Crippen LogP) is 7.21. The van der Waals surface area contributed by atoms with Crippen LogP contribution in [0.15, 0.2) is 94.0 Å². The third-order valence-corrected chi connectivity index (χ3v) is 9.50. The Hall–Kier alpha value is -4.90. The standard InChI is InChI=1S/C36H38N6O4S/c1-23-8-6-9-24(2)33(23)31-19-32-39-35(38-31)41-47(44,45)29-11-7-10-27(18-29)34(43)42(28(22-46-32)20-36(3,4)5)21-25-12-14-26(15-13-25)30-16-17-37-40-30/h6-16,18-19,28H,17,20-22H2,1-5H3,(H,38,39,41)/t28-/m1/s1. The molecule has 0 saturated carbocycles. The third-order valence-electron chi connectivity index (χ3n) is 8.18. The number of hydrogen-bond donors (Lipinski definition) is 1. The molecule has 11 heteroatoms. The fourth-order valence-electron chi connectivity index (χ4n) is 5.98. The summed E-state index contributed by atoms with van der Waals surface area (Å²) in [4.78, 5) is 25.2. The number of nitrogens with zero attached hydrogens (tertiary/aromatic N) is 5. The summed E-state index contributed by atoms with van der Waals surface area (Å²) in [5.74, 6) is -0.210. The second-order valence-electron chi connectivity index (χ2n) is 13.2. The van der Waals surface area contributed by atoms with Crippen LogP contribution in [0.4, 0.5) is 5.95 Å². The van der Waals surface area contributed by atoms with Crippen LogP contribution in [0, 0.1) is 19.3 Å². The lowest BCUT2D eigenvalue weighted by Gasteiger charge is -2.36. The molecule has 0 spiro atoms. The zero-order valence-corrected chi connectivity index (χ0v) is 28.0. The van der Waals surface area contributed by atoms with E-state index >= 15 is 0 Å². The van der Waals surface area contributed by atoms with Crippen LogP contribution in [0.25, 0.3) is 17.0 Å². The molecule has 0 saturated heterocycles. The molecule has 2 aliphatic heterocycles. The Morgan fingerprint density at radius 1 is 0.936 bits per heavy atom. The van der Waals surface area contributed by atoms with Crippen molar-refractivity contribution in [3.05, 3.63) is 107 Å². The highest BCUT2D eigenvalue weighted by Crippen LogP contribution is 2.32. The fourth-order valence-corrected chi connectivity index (χ4v) is 6.97. The molecule has 0 fully saturated rings. The van der Waals surface area contributed by atoms with Crippen molar-refractivity contribution in [1.82, 2.24) is 14.9 Å². The highest BCUT2D eigenvalue weighted by Gasteiger charge is 2.31. The lowest BCUT2D eigenvalue weighted by atomic mass is 9.87. The third kappa shape index (κ3) is 7.25. The maximum Gasteiger partial charge on any atom is 0.264 e. The van der Waals surface area contributed by atoms with Gasteiger partial charge in [0, 0.05) is 29.3 Å². The van der Waals surface area contributed by atoms with Crippen LogP contribution in [-0.4, -0.2) is 48.4 Å². The molecule has 4 aromatic rings. The average Bonchev–Trinajstić information content (AvgIpc) is 3.56. The first-order valence-corrected chi connectivity index (χ1v) is 17.0. The van der Waals surface area contributed by atoms with Gasteiger partial charge >= 0.3 is 0 Å². The summed E-state index contributed by atoms with van der Waals surface area (Å²) in [5.41, 5.74) is 6.13. The van der Waals surface area contributed by atoms with E-state index in [2.05, 4.69) is 45.7 Å². The van der Waals surface area contributed by atoms with Crippen LogP contribution >= 0.6 is 0 Å². The molecule has 0 unspecified atom stereocenters. The quantitative estimate of drug-likeness (QED) is 0.243. The zero-order valence-electron chi connectivity index (χ0n) is 27.2. The van der Waals surface area contributed by atoms with Gasteiger partial charge in [0.1, 0.15) is 6.61 Å². The van der Waals surface area contributed by atoms with Gasteiger partial charge in [-0.05, 0) is 66.6 Å². The minimum Gasteiger partial charge on any atom is -0.475 e. The number of rotatable bonds is 5. The number of sulfonamides is 1. The lowest BCUT2D eigenvalue weighted by Crippen LogP contribution is -2.45. The maximum atomic E-state index is 14.4. The van der Waals surface area contributed by atoms with Crippen molar-refractivity contribution in [1.29, 1.82) is 0 Å². The molecule has 1 atom stereocenters. The van der Waals surface area contributed by atoms with E-state index in [1.54, 1.807) is 23.1 Å². The fraction of sp³-hybridized carbons (Fsp3) is 0.306. The van der Waals surface area contributed by atoms with Gasteiger partial charge in [0.05, 0.1) is 28.9 Å². The minimum absolute atomic E-state index is 0.0678. The van der Waals surface area contributed by atoms with Crippen LogP contribution in [0.3, 0.4) is 0 Å². The van der Waals surface area contributed by atoms with E-state index in [1.165, 1.54) is 12.1 Å². The highest BCUT2D eigenvalue weighted by molar-refractivity contribution is 7.92. The Balaban J connectivity index is 1.46. The van der Waals surface area contributed by atoms with Crippen LogP contribution in [0.5, 0.6) is 5.88 Å². The van der Waals surface area contributed by atoms with Crippen molar-refractivity contribution in [2.45, 2.75) is 58.5 Å². The Morgan fingerprint density at radius 3 is 2.34 bits per heavy atom. The van der Waals surface area contributed by atoms with Crippen LogP contribution < -0.4 is 9.46 Å². The van der Waals surface area contributed by atoms with E-state index in [-0.39, 0.29) is 52.8 Å². The van der Waals surface area contributed by atoms with Crippen molar-refractivity contribution in [2.75, 3.05) is 17.9 Å². The first-order chi connectivity index (χ1) is 22.4. The van der Waals surface area contributed by atoms with Crippen molar-refractivity contribution in [3.8, 4) is 17.1 Å². The molecule has 1 amide bonds. The molecule has 6 rings (SSSR count). The molecule has 1 N–H and O–H groups in total. The summed E-state index contributed by atoms with van der Waals surface area (Å²) in [5, 5.41) is 8.23. The molecule has 1 aromatic heterocycles. The first-order valence-electron chi connectivity index (χ1n) is 15.6. The van der Waals surface area contributed by atoms with Gasteiger partial charge in [0.15, 0.2) is 0 Å². The van der Waals surface area contributed by atoms with Gasteiger partial charge in [-0.15, -0.1) is 0 Å². The molecule has 242 valence electrons. The summed E-state index contributed by atoms with van der Waals surface area (Å²) in [6, 6.07) is 21.2. The van der Waals surface area contributed by atoms with Crippen LogP contribution in [0.1, 0.15) is 59.8 Å². The molecule has 4 bridgehead atoms. The number of nitrogens with one attached hydrogen (secondary N) is 1. The summed E-state index contributed by atoms with van der Waals surface area (Å²) in [6.07, 6.45) is 2.58. The van der Waals surface area contributed by atoms with Crippen LogP contribution in [-0.2, 0) is 16.6 Å². The summed E-state index contributed by atoms with van der Waals surface area (Å²) in [6.45, 7) is 11.3. The molecule has 3 aromatic carbocycles. The van der Waals surface area contributed by atoms with Gasteiger partial charge in [-0.25, -0.2) is 18.1 Å². The molecule has 0 radical (unpaired) electrons. The molecule has 10 nitrogen and oxygen atoms in total. The van der Waals surface area contributed by atoms with E-state index in [4.69, 9.17) is 4.74 Å². The van der Waals surface area contributed by atoms with Crippen molar-refractivity contribution in [2.24, 2.45) is 15.6 Å². The Bertz CT molecular complexity index is 1980. The number of aromatic nitrogens is 2. The molecule has 0 aliphatic carbocycles. The van der Waals surface area contributed by atoms with E-state index in [0.29, 0.717) is 18.7 Å². The summed E-state index contributed by atoms with van der Waals surface area (Å²) >= 11 is 0. The van der Waals surface area contributed by atoms with E-state index in [0.717, 1.165) is 33.5 Å². The van der Waals surface area contributed by atoms with Gasteiger partial charge in [-0.2, -0.15) is 15.2 Å². The van der Waals surface area contributed by atoms with Crippen molar-refractivity contribution < 1.29 is 17.9 Å². The number of carbonyl (C=O) groups is 1. The van der Waals surface area contributed by atoms with Crippen molar-refractivity contribution >= 4 is 27.6 Å². The Morgan fingerprint density at radius 2 is 1.66 bits per heavy atom. The Kier molecular flexibility index (Phi) is 8.67. The average molecular weight is 651 g/mol. The number of azo groups is 1. The topological polar surface area (TPSA) is 126 Å². The maximum absolute atomic E-state index is 14.4. The second kappa shape index (κ2) is 12.7. The second-order valence-corrected chi connectivity index (χ2v) is 14.9. The smallest absolute Gasteiger partial charge is 0.264 e. The number of hydrogen-bond acceptors (Lipinski definition) is 8. The zero-order chi connectivity index (χ0) is 33.3. The lowest BCUT2D eigenvalue weighted by molar-refractivity contribution is 0.0513. The number of carbonyl (C=O) groups excluding carboxylic acids is 1. The molecule has 2 aliphatic rings. The van der Waals surface area contributed by atoms with E-state index < -0.39 is 10.0 Å². The molecule has 3 heterocycles. The van der Waals surface area contributed by atoms with Gasteiger partial charge in [0.2, 0.25) is 11.8 Å². The predicted molar refractivity (Wildman–Crippen MR) is 182 cm³/mol. The van der Waals surface area contributed by atoms with Crippen LogP contribution in [0.2, 0.25) is 0 Å². The summed E-state index contributed by atoms with van der Waals surface area (Å²) < 4.78 is 36.2. The number of fused-ring (bicyclic) bond motifs is 4. The normalized spacial score (nSPS) is 17.6. The number of amides is 1. The summed E-state index contributed by atoms with van der Waals surface area (Å²) in [7, 11) is -4.16. The van der Waals surface area contributed by atoms with Gasteiger partial charge in [-0.3, -0.25) is 4.79 Å². The molecular formula is C36H38N6O4S. The Labute approximate surface area is 275 Å².